The Hall–Kier alpha value is -2.50. The average Bonchev–Trinajstić information content (AvgIpc) is 3.36. The summed E-state index contributed by atoms with van der Waals surface area (Å²) in [6.07, 6.45) is 10.6. The summed E-state index contributed by atoms with van der Waals surface area (Å²) in [7, 11) is 0. The van der Waals surface area contributed by atoms with Crippen molar-refractivity contribution in [2.75, 3.05) is 31.2 Å². The van der Waals surface area contributed by atoms with Crippen molar-refractivity contribution in [2.24, 2.45) is 0 Å². The molecule has 2 heterocycles. The monoisotopic (exact) mass is 399 g/mol. The minimum atomic E-state index is -0.133. The van der Waals surface area contributed by atoms with Gasteiger partial charge < -0.3 is 18.9 Å². The van der Waals surface area contributed by atoms with Gasteiger partial charge in [0, 0.05) is 43.6 Å². The molecule has 0 spiro atoms. The van der Waals surface area contributed by atoms with Crippen LogP contribution in [-0.2, 0) is 16.1 Å². The number of hydrogen-bond acceptors (Lipinski definition) is 5. The predicted molar refractivity (Wildman–Crippen MR) is 115 cm³/mol. The van der Waals surface area contributed by atoms with Crippen LogP contribution in [0.15, 0.2) is 36.9 Å². The van der Waals surface area contributed by atoms with Crippen molar-refractivity contribution in [1.29, 1.82) is 0 Å². The predicted octanol–water partition coefficient (Wildman–Crippen LogP) is 4.40. The summed E-state index contributed by atoms with van der Waals surface area (Å²) >= 11 is 0. The van der Waals surface area contributed by atoms with Gasteiger partial charge in [0.2, 0.25) is 0 Å². The van der Waals surface area contributed by atoms with Gasteiger partial charge in [0.05, 0.1) is 26.0 Å². The topological polar surface area (TPSA) is 56.6 Å². The lowest BCUT2D eigenvalue weighted by Gasteiger charge is -2.19. The van der Waals surface area contributed by atoms with E-state index in [2.05, 4.69) is 39.6 Å². The van der Waals surface area contributed by atoms with E-state index >= 15 is 0 Å². The van der Waals surface area contributed by atoms with E-state index in [9.17, 15) is 4.79 Å². The molecule has 3 rings (SSSR count). The fourth-order valence-electron chi connectivity index (χ4n) is 3.88. The third kappa shape index (κ3) is 5.99. The van der Waals surface area contributed by atoms with Gasteiger partial charge in [-0.1, -0.05) is 19.8 Å². The number of ether oxygens (including phenoxy) is 2. The Kier molecular flexibility index (Phi) is 7.96. The van der Waals surface area contributed by atoms with Crippen molar-refractivity contribution in [3.8, 4) is 5.75 Å². The molecule has 0 aliphatic carbocycles. The van der Waals surface area contributed by atoms with Gasteiger partial charge in [0.1, 0.15) is 5.75 Å². The third-order valence-electron chi connectivity index (χ3n) is 5.42. The van der Waals surface area contributed by atoms with Crippen molar-refractivity contribution in [2.45, 2.75) is 58.4 Å². The van der Waals surface area contributed by atoms with Crippen LogP contribution in [0, 0.1) is 0 Å². The van der Waals surface area contributed by atoms with E-state index in [1.165, 1.54) is 24.1 Å². The maximum Gasteiger partial charge on any atom is 0.307 e. The Bertz CT molecular complexity index is 761. The molecule has 0 N–H and O–H groups in total. The van der Waals surface area contributed by atoms with Crippen molar-refractivity contribution < 1.29 is 14.3 Å². The molecule has 1 atom stereocenters. The van der Waals surface area contributed by atoms with Crippen LogP contribution < -0.4 is 9.64 Å². The van der Waals surface area contributed by atoms with Gasteiger partial charge in [-0.15, -0.1) is 0 Å². The zero-order valence-corrected chi connectivity index (χ0v) is 17.7. The highest BCUT2D eigenvalue weighted by atomic mass is 16.5. The second kappa shape index (κ2) is 10.9. The van der Waals surface area contributed by atoms with Gasteiger partial charge >= 0.3 is 5.97 Å². The lowest BCUT2D eigenvalue weighted by Crippen LogP contribution is -2.25. The molecule has 29 heavy (non-hydrogen) atoms. The number of aryl methyl sites for hydroxylation is 1. The van der Waals surface area contributed by atoms with E-state index in [1.54, 1.807) is 0 Å². The molecule has 0 amide bonds. The minimum Gasteiger partial charge on any atom is -0.494 e. The molecule has 1 aliphatic rings. The van der Waals surface area contributed by atoms with Crippen LogP contribution in [-0.4, -0.2) is 41.8 Å². The Morgan fingerprint density at radius 1 is 1.24 bits per heavy atom. The summed E-state index contributed by atoms with van der Waals surface area (Å²) in [6, 6.07) is 6.40. The summed E-state index contributed by atoms with van der Waals surface area (Å²) in [4.78, 5) is 18.3. The summed E-state index contributed by atoms with van der Waals surface area (Å²) in [5.41, 5.74) is 2.54. The van der Waals surface area contributed by atoms with Gasteiger partial charge in [-0.3, -0.25) is 4.79 Å². The molecule has 1 aromatic carbocycles. The van der Waals surface area contributed by atoms with Crippen LogP contribution in [0.1, 0.15) is 57.4 Å². The van der Waals surface area contributed by atoms with E-state index in [0.717, 1.165) is 38.3 Å². The fraction of sp³-hybridized carbons (Fsp3) is 0.565. The molecule has 2 aromatic rings. The van der Waals surface area contributed by atoms with Crippen molar-refractivity contribution in [3.63, 3.8) is 0 Å². The molecule has 1 aliphatic heterocycles. The van der Waals surface area contributed by atoms with Crippen molar-refractivity contribution in [3.05, 3.63) is 42.5 Å². The van der Waals surface area contributed by atoms with Crippen LogP contribution >= 0.6 is 0 Å². The number of carbonyl (C=O) groups is 1. The van der Waals surface area contributed by atoms with Gasteiger partial charge in [0.25, 0.3) is 0 Å². The molecule has 1 unspecified atom stereocenters. The molecule has 0 saturated heterocycles. The number of hydrogen-bond donors (Lipinski definition) is 0. The van der Waals surface area contributed by atoms with Gasteiger partial charge in [-0.2, -0.15) is 0 Å². The quantitative estimate of drug-likeness (QED) is 0.391. The normalized spacial score (nSPS) is 15.4. The van der Waals surface area contributed by atoms with Gasteiger partial charge in [-0.25, -0.2) is 4.98 Å². The summed E-state index contributed by atoms with van der Waals surface area (Å²) < 4.78 is 13.2. The Morgan fingerprint density at radius 2 is 2.14 bits per heavy atom. The minimum absolute atomic E-state index is 0.133. The zero-order chi connectivity index (χ0) is 20.5. The second-order valence-corrected chi connectivity index (χ2v) is 7.56. The van der Waals surface area contributed by atoms with E-state index in [0.29, 0.717) is 25.5 Å². The number of esters is 1. The molecule has 0 fully saturated rings. The first-order valence-electron chi connectivity index (χ1n) is 10.8. The van der Waals surface area contributed by atoms with E-state index < -0.39 is 0 Å². The number of rotatable bonds is 12. The summed E-state index contributed by atoms with van der Waals surface area (Å²) in [5, 5.41) is 0. The highest BCUT2D eigenvalue weighted by Crippen LogP contribution is 2.40. The van der Waals surface area contributed by atoms with Crippen LogP contribution in [0.2, 0.25) is 0 Å². The summed E-state index contributed by atoms with van der Waals surface area (Å²) in [5.74, 6) is 1.22. The molecule has 1 aromatic heterocycles. The first-order valence-corrected chi connectivity index (χ1v) is 10.8. The SMILES string of the molecule is CCCCCOc1ccc2c(c1)C(CCn1ccnc1)CN2CCC(=O)OCC. The third-order valence-corrected chi connectivity index (χ3v) is 5.42. The Labute approximate surface area is 173 Å². The summed E-state index contributed by atoms with van der Waals surface area (Å²) in [6.45, 7) is 7.77. The molecular weight excluding hydrogens is 366 g/mol. The number of benzene rings is 1. The maximum atomic E-state index is 11.8. The molecule has 158 valence electrons. The number of fused-ring (bicyclic) bond motifs is 1. The average molecular weight is 400 g/mol. The first-order chi connectivity index (χ1) is 14.2. The van der Waals surface area contributed by atoms with E-state index in [-0.39, 0.29) is 5.97 Å². The Morgan fingerprint density at radius 3 is 2.90 bits per heavy atom. The van der Waals surface area contributed by atoms with Crippen molar-refractivity contribution in [1.82, 2.24) is 9.55 Å². The number of carbonyl (C=O) groups excluding carboxylic acids is 1. The van der Waals surface area contributed by atoms with Crippen LogP contribution in [0.4, 0.5) is 5.69 Å². The molecular formula is C23H33N3O3. The smallest absolute Gasteiger partial charge is 0.307 e. The van der Waals surface area contributed by atoms with Crippen LogP contribution in [0.25, 0.3) is 0 Å². The number of imidazole rings is 1. The molecule has 0 bridgehead atoms. The first kappa shape index (κ1) is 21.2. The maximum absolute atomic E-state index is 11.8. The highest BCUT2D eigenvalue weighted by molar-refractivity contribution is 5.71. The van der Waals surface area contributed by atoms with Gasteiger partial charge in [0.15, 0.2) is 0 Å². The lowest BCUT2D eigenvalue weighted by molar-refractivity contribution is -0.142. The highest BCUT2D eigenvalue weighted by Gasteiger charge is 2.29. The number of unbranched alkanes of at least 4 members (excludes halogenated alkanes) is 2. The van der Waals surface area contributed by atoms with Crippen molar-refractivity contribution >= 4 is 11.7 Å². The second-order valence-electron chi connectivity index (χ2n) is 7.56. The Balaban J connectivity index is 1.68. The zero-order valence-electron chi connectivity index (χ0n) is 17.7. The number of nitrogens with zero attached hydrogens (tertiary/aromatic N) is 3. The van der Waals surface area contributed by atoms with E-state index in [4.69, 9.17) is 9.47 Å². The molecule has 6 heteroatoms. The fourth-order valence-corrected chi connectivity index (χ4v) is 3.88. The van der Waals surface area contributed by atoms with Gasteiger partial charge in [-0.05, 0) is 43.5 Å². The standard InChI is InChI=1S/C23H33N3O3/c1-3-5-6-15-29-20-7-8-22-21(16-20)19(9-12-25-14-11-24-18-25)17-26(22)13-10-23(27)28-4-2/h7-8,11,14,16,18-19H,3-6,9-10,12-13,15,17H2,1-2H3. The molecule has 6 nitrogen and oxygen atoms in total. The van der Waals surface area contributed by atoms with Crippen LogP contribution in [0.3, 0.4) is 0 Å². The van der Waals surface area contributed by atoms with Crippen LogP contribution in [0.5, 0.6) is 5.75 Å². The number of aromatic nitrogens is 2. The molecule has 0 saturated carbocycles. The largest absolute Gasteiger partial charge is 0.494 e. The lowest BCUT2D eigenvalue weighted by atomic mass is 9.97. The number of anilines is 1. The molecule has 0 radical (unpaired) electrons. The van der Waals surface area contributed by atoms with E-state index in [1.807, 2.05) is 25.6 Å².